The molecule has 1 amide bonds. The third-order valence-corrected chi connectivity index (χ3v) is 5.67. The van der Waals surface area contributed by atoms with Gasteiger partial charge in [0.1, 0.15) is 6.10 Å². The molecule has 1 saturated carbocycles. The van der Waals surface area contributed by atoms with Gasteiger partial charge in [-0.1, -0.05) is 0 Å². The Morgan fingerprint density at radius 1 is 1.22 bits per heavy atom. The average molecular weight is 376 g/mol. The molecule has 27 heavy (non-hydrogen) atoms. The lowest BCUT2D eigenvalue weighted by molar-refractivity contribution is -0.142. The van der Waals surface area contributed by atoms with Gasteiger partial charge in [0.25, 0.3) is 5.91 Å². The first-order valence-corrected chi connectivity index (χ1v) is 9.88. The van der Waals surface area contributed by atoms with E-state index in [-0.39, 0.29) is 18.6 Å². The van der Waals surface area contributed by atoms with Crippen LogP contribution in [0.3, 0.4) is 0 Å². The second-order valence-corrected chi connectivity index (χ2v) is 7.95. The molecule has 1 aliphatic carbocycles. The van der Waals surface area contributed by atoms with E-state index in [0.29, 0.717) is 44.3 Å². The van der Waals surface area contributed by atoms with Gasteiger partial charge in [0.15, 0.2) is 0 Å². The standard InChI is InChI=1S/C19H28N4O4/c1-12(24)11-27-17-5-7-23(18(17)26)15-4-6-22(10-16(15)25)19-20-8-14(9-21-19)13-2-3-13/h8-9,12-13,15-17,24-25H,2-7,10-11H2,1H3/t12-,15+,16+,17+/m0/s1. The van der Waals surface area contributed by atoms with Crippen molar-refractivity contribution in [3.05, 3.63) is 18.0 Å². The molecule has 2 N–H and O–H groups in total. The first-order valence-electron chi connectivity index (χ1n) is 9.88. The Labute approximate surface area is 159 Å². The molecule has 3 fully saturated rings. The number of nitrogens with zero attached hydrogens (tertiary/aromatic N) is 4. The summed E-state index contributed by atoms with van der Waals surface area (Å²) in [6.07, 6.45) is 5.75. The number of hydrogen-bond donors (Lipinski definition) is 2. The Morgan fingerprint density at radius 3 is 2.59 bits per heavy atom. The van der Waals surface area contributed by atoms with Crippen LogP contribution in [0.15, 0.2) is 12.4 Å². The molecule has 2 saturated heterocycles. The van der Waals surface area contributed by atoms with E-state index in [1.165, 1.54) is 18.4 Å². The van der Waals surface area contributed by atoms with Crippen LogP contribution in [0.5, 0.6) is 0 Å². The van der Waals surface area contributed by atoms with E-state index < -0.39 is 18.3 Å². The molecule has 3 heterocycles. The van der Waals surface area contributed by atoms with Crippen LogP contribution in [0.25, 0.3) is 0 Å². The van der Waals surface area contributed by atoms with E-state index in [9.17, 15) is 15.0 Å². The number of hydrogen-bond acceptors (Lipinski definition) is 7. The minimum atomic E-state index is -0.648. The Hall–Kier alpha value is -1.77. The Bertz CT molecular complexity index is 664. The van der Waals surface area contributed by atoms with Gasteiger partial charge in [0.05, 0.1) is 24.9 Å². The Kier molecular flexibility index (Phi) is 5.29. The van der Waals surface area contributed by atoms with E-state index in [0.717, 1.165) is 0 Å². The minimum absolute atomic E-state index is 0.0850. The maximum Gasteiger partial charge on any atom is 0.252 e. The number of likely N-dealkylation sites (tertiary alicyclic amines) is 1. The summed E-state index contributed by atoms with van der Waals surface area (Å²) in [4.78, 5) is 25.3. The van der Waals surface area contributed by atoms with Crippen molar-refractivity contribution >= 4 is 11.9 Å². The van der Waals surface area contributed by atoms with Crippen LogP contribution in [0.1, 0.15) is 44.1 Å². The molecule has 148 valence electrons. The molecule has 8 heteroatoms. The highest BCUT2D eigenvalue weighted by molar-refractivity contribution is 5.83. The van der Waals surface area contributed by atoms with E-state index in [2.05, 4.69) is 9.97 Å². The van der Waals surface area contributed by atoms with Crippen molar-refractivity contribution in [2.75, 3.05) is 31.1 Å². The van der Waals surface area contributed by atoms with Gasteiger partial charge in [-0.05, 0) is 37.7 Å². The van der Waals surface area contributed by atoms with Crippen LogP contribution in [0.4, 0.5) is 5.95 Å². The van der Waals surface area contributed by atoms with Gasteiger partial charge in [-0.25, -0.2) is 9.97 Å². The van der Waals surface area contributed by atoms with Crippen molar-refractivity contribution < 1.29 is 19.7 Å². The summed E-state index contributed by atoms with van der Waals surface area (Å²) in [6.45, 7) is 3.48. The monoisotopic (exact) mass is 376 g/mol. The van der Waals surface area contributed by atoms with Gasteiger partial charge in [0.2, 0.25) is 5.95 Å². The number of aliphatic hydroxyl groups is 2. The van der Waals surface area contributed by atoms with Crippen LogP contribution in [0.2, 0.25) is 0 Å². The van der Waals surface area contributed by atoms with E-state index in [1.807, 2.05) is 17.3 Å². The van der Waals surface area contributed by atoms with Crippen LogP contribution in [-0.2, 0) is 9.53 Å². The summed E-state index contributed by atoms with van der Waals surface area (Å²) in [5, 5.41) is 20.0. The zero-order chi connectivity index (χ0) is 19.0. The summed E-state index contributed by atoms with van der Waals surface area (Å²) in [5.41, 5.74) is 1.19. The zero-order valence-electron chi connectivity index (χ0n) is 15.7. The average Bonchev–Trinajstić information content (AvgIpc) is 3.44. The van der Waals surface area contributed by atoms with Crippen LogP contribution < -0.4 is 4.90 Å². The molecule has 0 bridgehead atoms. The van der Waals surface area contributed by atoms with Crippen molar-refractivity contribution in [3.63, 3.8) is 0 Å². The fourth-order valence-electron chi connectivity index (χ4n) is 4.00. The van der Waals surface area contributed by atoms with Gasteiger partial charge in [-0.15, -0.1) is 0 Å². The van der Waals surface area contributed by atoms with E-state index >= 15 is 0 Å². The van der Waals surface area contributed by atoms with Gasteiger partial charge in [-0.2, -0.15) is 0 Å². The van der Waals surface area contributed by atoms with E-state index in [1.54, 1.807) is 11.8 Å². The Morgan fingerprint density at radius 2 is 1.96 bits per heavy atom. The maximum absolute atomic E-state index is 12.6. The normalized spacial score (nSPS) is 30.0. The number of piperidine rings is 1. The first-order chi connectivity index (χ1) is 13.0. The summed E-state index contributed by atoms with van der Waals surface area (Å²) in [6, 6.07) is -0.209. The molecule has 0 unspecified atom stereocenters. The third kappa shape index (κ3) is 4.07. The zero-order valence-corrected chi connectivity index (χ0v) is 15.7. The molecular formula is C19H28N4O4. The fourth-order valence-corrected chi connectivity index (χ4v) is 4.00. The summed E-state index contributed by atoms with van der Waals surface area (Å²) in [7, 11) is 0. The summed E-state index contributed by atoms with van der Waals surface area (Å²) in [5.74, 6) is 1.18. The lowest BCUT2D eigenvalue weighted by atomic mass is 10.0. The van der Waals surface area contributed by atoms with Crippen molar-refractivity contribution in [2.24, 2.45) is 0 Å². The largest absolute Gasteiger partial charge is 0.391 e. The highest BCUT2D eigenvalue weighted by Crippen LogP contribution is 2.39. The molecule has 0 spiro atoms. The van der Waals surface area contributed by atoms with Crippen molar-refractivity contribution in [1.29, 1.82) is 0 Å². The number of rotatable bonds is 6. The SMILES string of the molecule is C[C@H](O)CO[C@@H]1CCN([C@@H]2CCN(c3ncc(C4CC4)cn3)C[C@H]2O)C1=O. The fraction of sp³-hybridized carbons (Fsp3) is 0.737. The minimum Gasteiger partial charge on any atom is -0.391 e. The second-order valence-electron chi connectivity index (χ2n) is 7.95. The van der Waals surface area contributed by atoms with Gasteiger partial charge in [0, 0.05) is 38.4 Å². The summed E-state index contributed by atoms with van der Waals surface area (Å²) < 4.78 is 5.51. The van der Waals surface area contributed by atoms with Crippen molar-refractivity contribution in [1.82, 2.24) is 14.9 Å². The molecule has 0 radical (unpaired) electrons. The lowest BCUT2D eigenvalue weighted by Crippen LogP contribution is -2.55. The number of amides is 1. The number of carbonyl (C=O) groups excluding carboxylic acids is 1. The number of carbonyl (C=O) groups is 1. The molecule has 2 aliphatic heterocycles. The topological polar surface area (TPSA) is 99.0 Å². The third-order valence-electron chi connectivity index (χ3n) is 5.67. The molecule has 0 aromatic carbocycles. The molecule has 1 aromatic heterocycles. The number of aliphatic hydroxyl groups excluding tert-OH is 2. The Balaban J connectivity index is 1.34. The highest BCUT2D eigenvalue weighted by Gasteiger charge is 2.41. The van der Waals surface area contributed by atoms with Gasteiger partial charge in [-0.3, -0.25) is 4.79 Å². The molecular weight excluding hydrogens is 348 g/mol. The van der Waals surface area contributed by atoms with Crippen LogP contribution >= 0.6 is 0 Å². The predicted molar refractivity (Wildman–Crippen MR) is 98.4 cm³/mol. The number of anilines is 1. The van der Waals surface area contributed by atoms with Crippen molar-refractivity contribution in [3.8, 4) is 0 Å². The lowest BCUT2D eigenvalue weighted by Gasteiger charge is -2.40. The van der Waals surface area contributed by atoms with Gasteiger partial charge >= 0.3 is 0 Å². The molecule has 4 rings (SSSR count). The quantitative estimate of drug-likeness (QED) is 0.736. The van der Waals surface area contributed by atoms with Crippen LogP contribution in [-0.4, -0.2) is 81.6 Å². The van der Waals surface area contributed by atoms with E-state index in [4.69, 9.17) is 4.74 Å². The van der Waals surface area contributed by atoms with Gasteiger partial charge < -0.3 is 24.7 Å². The first kappa shape index (κ1) is 18.6. The predicted octanol–water partition coefficient (Wildman–Crippen LogP) is 0.292. The number of ether oxygens (including phenoxy) is 1. The molecule has 4 atom stereocenters. The number of β-amino-alcohol motifs (C(OH)–C–C–N with tert-alkyl or cyclic N) is 1. The molecule has 1 aromatic rings. The van der Waals surface area contributed by atoms with Crippen molar-refractivity contribution in [2.45, 2.75) is 62.9 Å². The second kappa shape index (κ2) is 7.69. The van der Waals surface area contributed by atoms with Crippen LogP contribution in [0, 0.1) is 0 Å². The number of aromatic nitrogens is 2. The summed E-state index contributed by atoms with van der Waals surface area (Å²) >= 11 is 0. The molecule has 3 aliphatic rings. The highest BCUT2D eigenvalue weighted by atomic mass is 16.5. The molecule has 8 nitrogen and oxygen atoms in total. The smallest absolute Gasteiger partial charge is 0.252 e. The maximum atomic E-state index is 12.6.